The molecule has 0 saturated carbocycles. The van der Waals surface area contributed by atoms with Crippen molar-refractivity contribution in [2.75, 3.05) is 11.1 Å². The molecule has 0 saturated heterocycles. The monoisotopic (exact) mass is 382 g/mol. The molecule has 8 nitrogen and oxygen atoms in total. The van der Waals surface area contributed by atoms with Crippen LogP contribution in [0.4, 0.5) is 5.69 Å². The molecule has 138 valence electrons. The largest absolute Gasteiger partial charge is 0.366 e. The van der Waals surface area contributed by atoms with E-state index in [1.165, 1.54) is 11.8 Å². The molecule has 0 unspecified atom stereocenters. The number of nitrogens with two attached hydrogens (primary N) is 1. The molecule has 0 aliphatic rings. The summed E-state index contributed by atoms with van der Waals surface area (Å²) in [5.74, 6) is -0.577. The van der Waals surface area contributed by atoms with Crippen LogP contribution in [0, 0.1) is 13.8 Å². The van der Waals surface area contributed by atoms with Gasteiger partial charge in [0, 0.05) is 11.3 Å². The number of nitrogens with zero attached hydrogens (tertiary/aromatic N) is 4. The molecule has 0 radical (unpaired) electrons. The Morgan fingerprint density at radius 1 is 1.15 bits per heavy atom. The third kappa shape index (κ3) is 4.50. The lowest BCUT2D eigenvalue weighted by molar-refractivity contribution is -0.113. The van der Waals surface area contributed by atoms with E-state index in [0.29, 0.717) is 16.4 Å². The molecule has 0 fully saturated rings. The smallest absolute Gasteiger partial charge is 0.248 e. The average molecular weight is 382 g/mol. The Morgan fingerprint density at radius 2 is 1.89 bits per heavy atom. The van der Waals surface area contributed by atoms with Gasteiger partial charge in [0.15, 0.2) is 0 Å². The van der Waals surface area contributed by atoms with Crippen molar-refractivity contribution in [1.82, 2.24) is 20.2 Å². The van der Waals surface area contributed by atoms with Crippen molar-refractivity contribution in [2.45, 2.75) is 19.0 Å². The van der Waals surface area contributed by atoms with Gasteiger partial charge in [0.1, 0.15) is 0 Å². The quantitative estimate of drug-likeness (QED) is 0.631. The Balaban J connectivity index is 1.65. The third-order valence-electron chi connectivity index (χ3n) is 3.82. The van der Waals surface area contributed by atoms with Crippen molar-refractivity contribution in [3.8, 4) is 5.69 Å². The Morgan fingerprint density at radius 3 is 2.59 bits per heavy atom. The first kappa shape index (κ1) is 18.6. The molecule has 0 spiro atoms. The van der Waals surface area contributed by atoms with Gasteiger partial charge in [0.25, 0.3) is 0 Å². The van der Waals surface area contributed by atoms with Crippen LogP contribution in [0.2, 0.25) is 0 Å². The molecular formula is C18H18N6O2S. The molecule has 2 amide bonds. The molecule has 2 aromatic carbocycles. The fourth-order valence-electron chi connectivity index (χ4n) is 2.41. The maximum absolute atomic E-state index is 12.2. The fourth-order valence-corrected chi connectivity index (χ4v) is 3.10. The zero-order valence-electron chi connectivity index (χ0n) is 14.8. The standard InChI is InChI=1S/C18H18N6O2S/c1-11-3-4-12(2)15(9-11)24-18(21-22-23-24)27-10-16(25)20-14-7-5-13(6-8-14)17(19)26/h3-9H,10H2,1-2H3,(H2,19,26)(H,20,25). The van der Waals surface area contributed by atoms with Crippen molar-refractivity contribution >= 4 is 29.3 Å². The number of hydrogen-bond donors (Lipinski definition) is 2. The van der Waals surface area contributed by atoms with E-state index >= 15 is 0 Å². The second-order valence-electron chi connectivity index (χ2n) is 5.94. The third-order valence-corrected chi connectivity index (χ3v) is 4.74. The number of rotatable bonds is 6. The lowest BCUT2D eigenvalue weighted by Crippen LogP contribution is -2.15. The molecule has 0 bridgehead atoms. The van der Waals surface area contributed by atoms with E-state index in [9.17, 15) is 9.59 Å². The van der Waals surface area contributed by atoms with Crippen LogP contribution in [0.3, 0.4) is 0 Å². The van der Waals surface area contributed by atoms with E-state index in [1.807, 2.05) is 32.0 Å². The summed E-state index contributed by atoms with van der Waals surface area (Å²) >= 11 is 1.24. The van der Waals surface area contributed by atoms with Gasteiger partial charge < -0.3 is 11.1 Å². The van der Waals surface area contributed by atoms with Gasteiger partial charge in [-0.1, -0.05) is 23.9 Å². The Labute approximate surface area is 160 Å². The molecule has 9 heteroatoms. The van der Waals surface area contributed by atoms with E-state index in [1.54, 1.807) is 28.9 Å². The number of carbonyl (C=O) groups excluding carboxylic acids is 2. The van der Waals surface area contributed by atoms with Crippen LogP contribution >= 0.6 is 11.8 Å². The predicted octanol–water partition coefficient (Wildman–Crippen LogP) is 2.11. The highest BCUT2D eigenvalue weighted by molar-refractivity contribution is 7.99. The van der Waals surface area contributed by atoms with E-state index in [-0.39, 0.29) is 11.7 Å². The topological polar surface area (TPSA) is 116 Å². The van der Waals surface area contributed by atoms with Crippen LogP contribution in [0.15, 0.2) is 47.6 Å². The molecule has 3 N–H and O–H groups in total. The molecule has 3 rings (SSSR count). The van der Waals surface area contributed by atoms with Gasteiger partial charge in [-0.2, -0.15) is 4.68 Å². The summed E-state index contributed by atoms with van der Waals surface area (Å²) < 4.78 is 1.63. The molecule has 1 heterocycles. The normalized spacial score (nSPS) is 10.6. The molecule has 0 aliphatic heterocycles. The minimum Gasteiger partial charge on any atom is -0.366 e. The predicted molar refractivity (Wildman–Crippen MR) is 103 cm³/mol. The Bertz CT molecular complexity index is 984. The summed E-state index contributed by atoms with van der Waals surface area (Å²) in [6.07, 6.45) is 0. The SMILES string of the molecule is Cc1ccc(C)c(-n2nnnc2SCC(=O)Nc2ccc(C(N)=O)cc2)c1. The second kappa shape index (κ2) is 8.00. The maximum atomic E-state index is 12.2. The number of nitrogens with one attached hydrogen (secondary N) is 1. The zero-order chi connectivity index (χ0) is 19.4. The van der Waals surface area contributed by atoms with Gasteiger partial charge in [-0.25, -0.2) is 0 Å². The summed E-state index contributed by atoms with van der Waals surface area (Å²) in [5, 5.41) is 15.1. The number of anilines is 1. The Kier molecular flexibility index (Phi) is 5.51. The summed E-state index contributed by atoms with van der Waals surface area (Å²) in [4.78, 5) is 23.3. The highest BCUT2D eigenvalue weighted by Crippen LogP contribution is 2.22. The van der Waals surface area contributed by atoms with Gasteiger partial charge in [0.2, 0.25) is 17.0 Å². The number of primary amides is 1. The molecule has 3 aromatic rings. The van der Waals surface area contributed by atoms with Crippen LogP contribution in [0.25, 0.3) is 5.69 Å². The lowest BCUT2D eigenvalue weighted by atomic mass is 10.1. The average Bonchev–Trinajstić information content (AvgIpc) is 3.11. The highest BCUT2D eigenvalue weighted by atomic mass is 32.2. The minimum absolute atomic E-state index is 0.142. The van der Waals surface area contributed by atoms with Gasteiger partial charge >= 0.3 is 0 Å². The Hall–Kier alpha value is -3.20. The lowest BCUT2D eigenvalue weighted by Gasteiger charge is -2.09. The van der Waals surface area contributed by atoms with Gasteiger partial charge in [0.05, 0.1) is 11.4 Å². The number of benzene rings is 2. The van der Waals surface area contributed by atoms with Crippen molar-refractivity contribution in [3.63, 3.8) is 0 Å². The van der Waals surface area contributed by atoms with Crippen LogP contribution in [0.5, 0.6) is 0 Å². The van der Waals surface area contributed by atoms with Crippen LogP contribution in [-0.2, 0) is 4.79 Å². The summed E-state index contributed by atoms with van der Waals surface area (Å²) in [7, 11) is 0. The first-order valence-corrected chi connectivity index (χ1v) is 9.11. The van der Waals surface area contributed by atoms with E-state index in [2.05, 4.69) is 20.8 Å². The van der Waals surface area contributed by atoms with Gasteiger partial charge in [-0.3, -0.25) is 9.59 Å². The molecule has 0 aliphatic carbocycles. The number of hydrogen-bond acceptors (Lipinski definition) is 6. The maximum Gasteiger partial charge on any atom is 0.248 e. The number of carbonyl (C=O) groups is 2. The highest BCUT2D eigenvalue weighted by Gasteiger charge is 2.13. The number of tetrazole rings is 1. The number of amides is 2. The second-order valence-corrected chi connectivity index (χ2v) is 6.88. The van der Waals surface area contributed by atoms with Crippen molar-refractivity contribution < 1.29 is 9.59 Å². The first-order chi connectivity index (χ1) is 12.9. The molecule has 0 atom stereocenters. The van der Waals surface area contributed by atoms with Gasteiger partial charge in [-0.15, -0.1) is 5.10 Å². The first-order valence-electron chi connectivity index (χ1n) is 8.12. The molecular weight excluding hydrogens is 364 g/mol. The van der Waals surface area contributed by atoms with E-state index in [0.717, 1.165) is 16.8 Å². The van der Waals surface area contributed by atoms with Crippen molar-refractivity contribution in [2.24, 2.45) is 5.73 Å². The fraction of sp³-hybridized carbons (Fsp3) is 0.167. The number of aromatic nitrogens is 4. The van der Waals surface area contributed by atoms with E-state index < -0.39 is 5.91 Å². The van der Waals surface area contributed by atoms with Crippen LogP contribution in [-0.4, -0.2) is 37.8 Å². The number of thioether (sulfide) groups is 1. The molecule has 1 aromatic heterocycles. The van der Waals surface area contributed by atoms with Crippen LogP contribution in [0.1, 0.15) is 21.5 Å². The van der Waals surface area contributed by atoms with E-state index in [4.69, 9.17) is 5.73 Å². The van der Waals surface area contributed by atoms with Gasteiger partial charge in [-0.05, 0) is 65.7 Å². The summed E-state index contributed by atoms with van der Waals surface area (Å²) in [6.45, 7) is 3.98. The van der Waals surface area contributed by atoms with Crippen LogP contribution < -0.4 is 11.1 Å². The zero-order valence-corrected chi connectivity index (χ0v) is 15.7. The van der Waals surface area contributed by atoms with Crippen molar-refractivity contribution in [1.29, 1.82) is 0 Å². The van der Waals surface area contributed by atoms with Crippen molar-refractivity contribution in [3.05, 3.63) is 59.2 Å². The molecule has 27 heavy (non-hydrogen) atoms. The summed E-state index contributed by atoms with van der Waals surface area (Å²) in [6, 6.07) is 12.4. The summed E-state index contributed by atoms with van der Waals surface area (Å²) in [5.41, 5.74) is 9.18. The number of aryl methyl sites for hydroxylation is 2. The minimum atomic E-state index is -0.512.